The lowest BCUT2D eigenvalue weighted by Crippen LogP contribution is -2.67. The fourth-order valence-electron chi connectivity index (χ4n) is 5.15. The molecule has 3 aromatic carbocycles. The maximum Gasteiger partial charge on any atom is 0.411 e. The monoisotopic (exact) mass is 513 g/mol. The topological polar surface area (TPSA) is 38.8 Å². The number of ether oxygens (including phenoxy) is 1. The van der Waals surface area contributed by atoms with Crippen LogP contribution in [0.4, 0.5) is 4.79 Å². The third kappa shape index (κ3) is 5.89. The van der Waals surface area contributed by atoms with E-state index in [1.165, 1.54) is 10.4 Å². The molecule has 1 amide bonds. The van der Waals surface area contributed by atoms with Gasteiger partial charge in [-0.25, -0.2) is 4.79 Å². The molecule has 1 aliphatic rings. The first-order valence-corrected chi connectivity index (χ1v) is 14.9. The maximum atomic E-state index is 13.3. The third-order valence-electron chi connectivity index (χ3n) is 6.79. The van der Waals surface area contributed by atoms with E-state index in [-0.39, 0.29) is 17.2 Å². The molecule has 1 heterocycles. The van der Waals surface area contributed by atoms with Gasteiger partial charge < -0.3 is 9.16 Å². The molecule has 0 saturated heterocycles. The summed E-state index contributed by atoms with van der Waals surface area (Å²) in [6.07, 6.45) is 1.86. The van der Waals surface area contributed by atoms with Gasteiger partial charge in [-0.3, -0.25) is 4.90 Å². The zero-order chi connectivity index (χ0) is 26.7. The molecule has 0 saturated carbocycles. The van der Waals surface area contributed by atoms with Crippen molar-refractivity contribution in [3.8, 4) is 0 Å². The van der Waals surface area contributed by atoms with Gasteiger partial charge in [-0.2, -0.15) is 0 Å². The van der Waals surface area contributed by atoms with Gasteiger partial charge in [-0.1, -0.05) is 118 Å². The van der Waals surface area contributed by atoms with E-state index in [1.54, 1.807) is 0 Å². The van der Waals surface area contributed by atoms with E-state index in [1.807, 2.05) is 56.0 Å². The predicted molar refractivity (Wildman–Crippen MR) is 155 cm³/mol. The van der Waals surface area contributed by atoms with E-state index < -0.39 is 13.9 Å². The van der Waals surface area contributed by atoms with Crippen molar-refractivity contribution in [2.24, 2.45) is 0 Å². The second-order valence-electron chi connectivity index (χ2n) is 11.7. The van der Waals surface area contributed by atoms with Gasteiger partial charge in [0.05, 0.1) is 19.2 Å². The van der Waals surface area contributed by atoms with Crippen molar-refractivity contribution < 1.29 is 14.0 Å². The van der Waals surface area contributed by atoms with E-state index in [4.69, 9.17) is 9.16 Å². The molecule has 3 aromatic rings. The molecule has 194 valence electrons. The second kappa shape index (κ2) is 10.7. The molecule has 37 heavy (non-hydrogen) atoms. The minimum absolute atomic E-state index is 0.142. The molecular formula is C32H39NO3Si. The molecule has 0 fully saturated rings. The first kappa shape index (κ1) is 26.9. The van der Waals surface area contributed by atoms with Crippen molar-refractivity contribution in [1.29, 1.82) is 0 Å². The van der Waals surface area contributed by atoms with Crippen LogP contribution in [-0.4, -0.2) is 44.1 Å². The average Bonchev–Trinajstić information content (AvgIpc) is 3.29. The highest BCUT2D eigenvalue weighted by molar-refractivity contribution is 6.99. The molecule has 4 rings (SSSR count). The third-order valence-corrected chi connectivity index (χ3v) is 11.8. The van der Waals surface area contributed by atoms with Crippen molar-refractivity contribution in [3.05, 3.63) is 103 Å². The highest BCUT2D eigenvalue weighted by atomic mass is 28.4. The van der Waals surface area contributed by atoms with Crippen LogP contribution in [0.15, 0.2) is 97.1 Å². The van der Waals surface area contributed by atoms with Gasteiger partial charge in [0, 0.05) is 0 Å². The number of rotatable bonds is 6. The lowest BCUT2D eigenvalue weighted by molar-refractivity contribution is 0.0207. The summed E-state index contributed by atoms with van der Waals surface area (Å²) in [5.41, 5.74) is 1.65. The summed E-state index contributed by atoms with van der Waals surface area (Å²) in [5.74, 6) is 0. The Morgan fingerprint density at radius 2 is 1.30 bits per heavy atom. The number of hydrogen-bond donors (Lipinski definition) is 0. The standard InChI is InChI=1S/C32H39NO3Si/c1-31(2,3)36-30(34)33-23-26(25-16-10-7-11-17-25)22-27(33)24-35-37(32(4,5)6,28-18-12-8-13-19-28)29-20-14-9-15-21-29/h7-22,27H,23-24H2,1-6H3/t27-/m0/s1. The van der Waals surface area contributed by atoms with E-state index in [2.05, 4.69) is 87.5 Å². The van der Waals surface area contributed by atoms with Crippen molar-refractivity contribution >= 4 is 30.4 Å². The second-order valence-corrected chi connectivity index (χ2v) is 16.0. The molecular weight excluding hydrogens is 474 g/mol. The molecule has 5 heteroatoms. The average molecular weight is 514 g/mol. The number of amides is 1. The quantitative estimate of drug-likeness (QED) is 0.365. The van der Waals surface area contributed by atoms with Crippen LogP contribution in [0.3, 0.4) is 0 Å². The number of carbonyl (C=O) groups is 1. The Bertz CT molecular complexity index is 1170. The predicted octanol–water partition coefficient (Wildman–Crippen LogP) is 6.27. The molecule has 0 N–H and O–H groups in total. The van der Waals surface area contributed by atoms with Gasteiger partial charge in [0.2, 0.25) is 0 Å². The molecule has 4 nitrogen and oxygen atoms in total. The minimum Gasteiger partial charge on any atom is -0.444 e. The number of carbonyl (C=O) groups excluding carboxylic acids is 1. The summed E-state index contributed by atoms with van der Waals surface area (Å²) in [7, 11) is -2.74. The molecule has 0 spiro atoms. The largest absolute Gasteiger partial charge is 0.444 e. The van der Waals surface area contributed by atoms with Crippen LogP contribution in [0.25, 0.3) is 5.57 Å². The summed E-state index contributed by atoms with van der Waals surface area (Å²) in [5, 5.41) is 2.31. The van der Waals surface area contributed by atoms with Gasteiger partial charge in [-0.05, 0) is 47.3 Å². The van der Waals surface area contributed by atoms with Crippen LogP contribution in [-0.2, 0) is 9.16 Å². The lowest BCUT2D eigenvalue weighted by Gasteiger charge is -2.44. The Balaban J connectivity index is 1.74. The van der Waals surface area contributed by atoms with Gasteiger partial charge in [0.15, 0.2) is 0 Å². The minimum atomic E-state index is -2.74. The SMILES string of the molecule is CC(C)(C)OC(=O)N1CC(c2ccccc2)=C[C@H]1CO[Si](c1ccccc1)(c1ccccc1)C(C)(C)C. The van der Waals surface area contributed by atoms with Crippen LogP contribution in [0, 0.1) is 0 Å². The van der Waals surface area contributed by atoms with Crippen molar-refractivity contribution in [2.75, 3.05) is 13.2 Å². The molecule has 0 radical (unpaired) electrons. The zero-order valence-corrected chi connectivity index (χ0v) is 23.9. The highest BCUT2D eigenvalue weighted by Crippen LogP contribution is 2.37. The van der Waals surface area contributed by atoms with Gasteiger partial charge in [0.1, 0.15) is 5.60 Å². The van der Waals surface area contributed by atoms with E-state index >= 15 is 0 Å². The molecule has 0 aromatic heterocycles. The normalized spacial score (nSPS) is 16.4. The maximum absolute atomic E-state index is 13.3. The molecule has 0 bridgehead atoms. The summed E-state index contributed by atoms with van der Waals surface area (Å²) in [6.45, 7) is 13.4. The first-order valence-electron chi connectivity index (χ1n) is 13.0. The smallest absolute Gasteiger partial charge is 0.411 e. The molecule has 0 aliphatic carbocycles. The summed E-state index contributed by atoms with van der Waals surface area (Å²) in [4.78, 5) is 15.1. The lowest BCUT2D eigenvalue weighted by atomic mass is 10.1. The van der Waals surface area contributed by atoms with Gasteiger partial charge in [0.25, 0.3) is 8.32 Å². The van der Waals surface area contributed by atoms with Crippen LogP contribution in [0.1, 0.15) is 47.1 Å². The fraction of sp³-hybridized carbons (Fsp3) is 0.344. The van der Waals surface area contributed by atoms with Crippen molar-refractivity contribution in [2.45, 2.75) is 58.2 Å². The number of benzene rings is 3. The summed E-state index contributed by atoms with van der Waals surface area (Å²) >= 11 is 0. The van der Waals surface area contributed by atoms with Crippen LogP contribution >= 0.6 is 0 Å². The Morgan fingerprint density at radius 1 is 0.811 bits per heavy atom. The summed E-state index contributed by atoms with van der Waals surface area (Å²) in [6, 6.07) is 31.2. The van der Waals surface area contributed by atoms with Crippen LogP contribution < -0.4 is 10.4 Å². The Labute approximate surface area is 223 Å². The zero-order valence-electron chi connectivity index (χ0n) is 22.9. The van der Waals surface area contributed by atoms with Crippen molar-refractivity contribution in [1.82, 2.24) is 4.90 Å². The Hall–Kier alpha value is -3.15. The van der Waals surface area contributed by atoms with E-state index in [0.29, 0.717) is 13.2 Å². The van der Waals surface area contributed by atoms with Crippen LogP contribution in [0.5, 0.6) is 0 Å². The molecule has 1 aliphatic heterocycles. The Kier molecular flexibility index (Phi) is 7.76. The first-order chi connectivity index (χ1) is 17.5. The van der Waals surface area contributed by atoms with E-state index in [0.717, 1.165) is 11.1 Å². The van der Waals surface area contributed by atoms with E-state index in [9.17, 15) is 4.79 Å². The van der Waals surface area contributed by atoms with Gasteiger partial charge in [-0.15, -0.1) is 0 Å². The molecule has 1 atom stereocenters. The highest BCUT2D eigenvalue weighted by Gasteiger charge is 2.51. The fourth-order valence-corrected chi connectivity index (χ4v) is 9.72. The summed E-state index contributed by atoms with van der Waals surface area (Å²) < 4.78 is 13.0. The van der Waals surface area contributed by atoms with Crippen molar-refractivity contribution in [3.63, 3.8) is 0 Å². The Morgan fingerprint density at radius 3 is 1.76 bits per heavy atom. The molecule has 0 unspecified atom stereocenters. The number of nitrogens with zero attached hydrogens (tertiary/aromatic N) is 1. The van der Waals surface area contributed by atoms with Gasteiger partial charge >= 0.3 is 6.09 Å². The number of hydrogen-bond acceptors (Lipinski definition) is 3. The van der Waals surface area contributed by atoms with Crippen LogP contribution in [0.2, 0.25) is 5.04 Å².